The van der Waals surface area contributed by atoms with E-state index in [4.69, 9.17) is 5.73 Å². The van der Waals surface area contributed by atoms with Gasteiger partial charge in [0.05, 0.1) is 0 Å². The fourth-order valence-corrected chi connectivity index (χ4v) is 1.21. The summed E-state index contributed by atoms with van der Waals surface area (Å²) in [6.45, 7) is 3.03. The van der Waals surface area contributed by atoms with Gasteiger partial charge in [-0.2, -0.15) is 0 Å². The summed E-state index contributed by atoms with van der Waals surface area (Å²) < 4.78 is 3.03. The highest BCUT2D eigenvalue weighted by Crippen LogP contribution is 2.06. The zero-order valence-corrected chi connectivity index (χ0v) is 7.00. The minimum Gasteiger partial charge on any atom is -0.330 e. The first-order valence-corrected chi connectivity index (χ1v) is 4.28. The highest BCUT2D eigenvalue weighted by molar-refractivity contribution is 7.97. The molecular formula is C6H16N2S. The third kappa shape index (κ3) is 6.15. The molecule has 3 N–H and O–H groups in total. The van der Waals surface area contributed by atoms with Gasteiger partial charge < -0.3 is 5.73 Å². The van der Waals surface area contributed by atoms with Crippen LogP contribution in [0.4, 0.5) is 0 Å². The van der Waals surface area contributed by atoms with E-state index in [1.165, 1.54) is 0 Å². The molecule has 56 valence electrons. The van der Waals surface area contributed by atoms with Crippen LogP contribution in [-0.4, -0.2) is 19.3 Å². The molecule has 0 heterocycles. The van der Waals surface area contributed by atoms with Gasteiger partial charge in [-0.1, -0.05) is 18.9 Å². The van der Waals surface area contributed by atoms with Gasteiger partial charge in [0.1, 0.15) is 0 Å². The summed E-state index contributed by atoms with van der Waals surface area (Å²) in [5, 5.41) is 0. The Labute approximate surface area is 61.7 Å². The summed E-state index contributed by atoms with van der Waals surface area (Å²) in [5.41, 5.74) is 5.37. The minimum atomic E-state index is 0.743. The van der Waals surface area contributed by atoms with Gasteiger partial charge in [0.15, 0.2) is 0 Å². The van der Waals surface area contributed by atoms with Crippen molar-refractivity contribution in [3.8, 4) is 0 Å². The normalized spacial score (nSPS) is 13.7. The van der Waals surface area contributed by atoms with E-state index in [2.05, 4.69) is 11.6 Å². The molecular weight excluding hydrogens is 132 g/mol. The fourth-order valence-electron chi connectivity index (χ4n) is 0.593. The summed E-state index contributed by atoms with van der Waals surface area (Å²) >= 11 is 1.75. The lowest BCUT2D eigenvalue weighted by Crippen LogP contribution is -2.09. The Hall–Kier alpha value is 0.270. The largest absolute Gasteiger partial charge is 0.330 e. The maximum atomic E-state index is 5.37. The minimum absolute atomic E-state index is 0.743. The molecule has 0 saturated heterocycles. The summed E-state index contributed by atoms with van der Waals surface area (Å²) in [7, 11) is 1.94. The molecule has 9 heavy (non-hydrogen) atoms. The second kappa shape index (κ2) is 6.39. The molecule has 0 spiro atoms. The van der Waals surface area contributed by atoms with Crippen LogP contribution < -0.4 is 10.5 Å². The molecule has 0 amide bonds. The molecule has 0 aromatic heterocycles. The molecule has 1 atom stereocenters. The second-order valence-electron chi connectivity index (χ2n) is 2.20. The first kappa shape index (κ1) is 9.27. The topological polar surface area (TPSA) is 38.0 Å². The van der Waals surface area contributed by atoms with E-state index in [-0.39, 0.29) is 0 Å². The molecule has 0 aromatic carbocycles. The van der Waals surface area contributed by atoms with Crippen molar-refractivity contribution in [2.75, 3.05) is 19.3 Å². The van der Waals surface area contributed by atoms with Crippen LogP contribution in [0.1, 0.15) is 13.3 Å². The predicted octanol–water partition coefficient (Wildman–Crippen LogP) is 0.839. The van der Waals surface area contributed by atoms with Crippen LogP contribution in [0, 0.1) is 5.92 Å². The number of hydrogen-bond acceptors (Lipinski definition) is 3. The van der Waals surface area contributed by atoms with Gasteiger partial charge in [-0.15, -0.1) is 0 Å². The van der Waals surface area contributed by atoms with E-state index in [9.17, 15) is 0 Å². The average molecular weight is 148 g/mol. The van der Waals surface area contributed by atoms with Gasteiger partial charge >= 0.3 is 0 Å². The van der Waals surface area contributed by atoms with Gasteiger partial charge in [-0.25, -0.2) is 0 Å². The molecule has 0 bridgehead atoms. The van der Waals surface area contributed by atoms with Gasteiger partial charge in [0, 0.05) is 5.75 Å². The third-order valence-corrected chi connectivity index (χ3v) is 2.20. The Kier molecular flexibility index (Phi) is 6.58. The molecule has 0 rings (SSSR count). The Morgan fingerprint density at radius 3 is 2.78 bits per heavy atom. The quantitative estimate of drug-likeness (QED) is 0.567. The smallest absolute Gasteiger partial charge is 0.0105 e. The van der Waals surface area contributed by atoms with Crippen molar-refractivity contribution in [2.45, 2.75) is 13.3 Å². The Morgan fingerprint density at radius 1 is 1.67 bits per heavy atom. The lowest BCUT2D eigenvalue weighted by Gasteiger charge is -2.06. The molecule has 0 radical (unpaired) electrons. The van der Waals surface area contributed by atoms with Crippen molar-refractivity contribution in [1.29, 1.82) is 0 Å². The van der Waals surface area contributed by atoms with Crippen LogP contribution in [0.15, 0.2) is 0 Å². The SMILES string of the molecule is CNSCC(C)CCN. The highest BCUT2D eigenvalue weighted by Gasteiger charge is 1.98. The van der Waals surface area contributed by atoms with E-state index >= 15 is 0 Å². The Bertz CT molecular complexity index is 59.0. The molecule has 0 saturated carbocycles. The summed E-state index contributed by atoms with van der Waals surface area (Å²) in [5.74, 6) is 1.90. The van der Waals surface area contributed by atoms with Crippen molar-refractivity contribution in [1.82, 2.24) is 4.72 Å². The van der Waals surface area contributed by atoms with Crippen molar-refractivity contribution < 1.29 is 0 Å². The average Bonchev–Trinajstić information content (AvgIpc) is 1.85. The molecule has 0 aromatic rings. The van der Waals surface area contributed by atoms with Crippen LogP contribution in [0.2, 0.25) is 0 Å². The van der Waals surface area contributed by atoms with Crippen molar-refractivity contribution in [3.63, 3.8) is 0 Å². The van der Waals surface area contributed by atoms with Crippen molar-refractivity contribution in [2.24, 2.45) is 11.7 Å². The van der Waals surface area contributed by atoms with Crippen LogP contribution in [0.5, 0.6) is 0 Å². The number of nitrogens with two attached hydrogens (primary N) is 1. The number of nitrogens with one attached hydrogen (secondary N) is 1. The predicted molar refractivity (Wildman–Crippen MR) is 44.4 cm³/mol. The van der Waals surface area contributed by atoms with Gasteiger partial charge in [-0.3, -0.25) is 4.72 Å². The third-order valence-electron chi connectivity index (χ3n) is 1.17. The highest BCUT2D eigenvalue weighted by atomic mass is 32.2. The van der Waals surface area contributed by atoms with Gasteiger partial charge in [0.25, 0.3) is 0 Å². The lowest BCUT2D eigenvalue weighted by molar-refractivity contribution is 0.605. The van der Waals surface area contributed by atoms with E-state index in [0.717, 1.165) is 24.6 Å². The van der Waals surface area contributed by atoms with Gasteiger partial charge in [0.2, 0.25) is 0 Å². The maximum Gasteiger partial charge on any atom is 0.0105 e. The number of hydrogen-bond donors (Lipinski definition) is 2. The molecule has 0 aliphatic heterocycles. The van der Waals surface area contributed by atoms with Crippen molar-refractivity contribution in [3.05, 3.63) is 0 Å². The zero-order valence-electron chi connectivity index (χ0n) is 6.18. The van der Waals surface area contributed by atoms with Crippen LogP contribution >= 0.6 is 11.9 Å². The van der Waals surface area contributed by atoms with Crippen LogP contribution in [0.25, 0.3) is 0 Å². The first-order valence-electron chi connectivity index (χ1n) is 3.29. The fraction of sp³-hybridized carbons (Fsp3) is 1.00. The van der Waals surface area contributed by atoms with Crippen LogP contribution in [0.3, 0.4) is 0 Å². The van der Waals surface area contributed by atoms with E-state index < -0.39 is 0 Å². The Balaban J connectivity index is 2.95. The molecule has 3 heteroatoms. The van der Waals surface area contributed by atoms with E-state index in [1.54, 1.807) is 11.9 Å². The zero-order chi connectivity index (χ0) is 7.11. The second-order valence-corrected chi connectivity index (χ2v) is 3.23. The summed E-state index contributed by atoms with van der Waals surface area (Å²) in [4.78, 5) is 0. The summed E-state index contributed by atoms with van der Waals surface area (Å²) in [6, 6.07) is 0. The molecule has 2 nitrogen and oxygen atoms in total. The molecule has 0 aliphatic rings. The molecule has 0 fully saturated rings. The molecule has 0 aliphatic carbocycles. The van der Waals surface area contributed by atoms with E-state index in [0.29, 0.717) is 0 Å². The molecule has 1 unspecified atom stereocenters. The Morgan fingerprint density at radius 2 is 2.33 bits per heavy atom. The van der Waals surface area contributed by atoms with Crippen molar-refractivity contribution >= 4 is 11.9 Å². The standard InChI is InChI=1S/C6H16N2S/c1-6(3-4-7)5-9-8-2/h6,8H,3-5,7H2,1-2H3. The number of rotatable bonds is 5. The maximum absolute atomic E-state index is 5.37. The monoisotopic (exact) mass is 148 g/mol. The lowest BCUT2D eigenvalue weighted by atomic mass is 10.1. The first-order chi connectivity index (χ1) is 4.31. The van der Waals surface area contributed by atoms with Gasteiger partial charge in [-0.05, 0) is 25.9 Å². The van der Waals surface area contributed by atoms with Crippen LogP contribution in [-0.2, 0) is 0 Å². The van der Waals surface area contributed by atoms with E-state index in [1.807, 2.05) is 7.05 Å². The summed E-state index contributed by atoms with van der Waals surface area (Å²) in [6.07, 6.45) is 1.13.